The fourth-order valence-electron chi connectivity index (χ4n) is 2.70. The van der Waals surface area contributed by atoms with Gasteiger partial charge in [0.05, 0.1) is 0 Å². The van der Waals surface area contributed by atoms with E-state index < -0.39 is 0 Å². The van der Waals surface area contributed by atoms with Gasteiger partial charge in [-0.3, -0.25) is 9.59 Å². The Bertz CT molecular complexity index is 316. The van der Waals surface area contributed by atoms with E-state index in [0.717, 1.165) is 39.0 Å². The summed E-state index contributed by atoms with van der Waals surface area (Å²) in [5.74, 6) is 0.330. The molecule has 1 fully saturated rings. The third-order valence-corrected chi connectivity index (χ3v) is 4.15. The maximum absolute atomic E-state index is 12.1. The van der Waals surface area contributed by atoms with Crippen LogP contribution in [0.15, 0.2) is 0 Å². The van der Waals surface area contributed by atoms with E-state index in [1.54, 1.807) is 0 Å². The molecule has 1 rings (SSSR count). The largest absolute Gasteiger partial charge is 0.343 e. The van der Waals surface area contributed by atoms with Crippen LogP contribution in [0.3, 0.4) is 0 Å². The fraction of sp³-hybridized carbons (Fsp3) is 0.867. The van der Waals surface area contributed by atoms with Crippen molar-refractivity contribution in [3.05, 3.63) is 0 Å². The van der Waals surface area contributed by atoms with Crippen molar-refractivity contribution >= 4 is 24.2 Å². The molecule has 0 unspecified atom stereocenters. The van der Waals surface area contributed by atoms with E-state index in [-0.39, 0.29) is 24.2 Å². The van der Waals surface area contributed by atoms with Gasteiger partial charge in [0.15, 0.2) is 0 Å². The number of carbonyl (C=O) groups excluding carboxylic acids is 2. The molecule has 0 aromatic rings. The van der Waals surface area contributed by atoms with Gasteiger partial charge in [-0.25, -0.2) is 0 Å². The van der Waals surface area contributed by atoms with Crippen molar-refractivity contribution in [1.29, 1.82) is 0 Å². The molecule has 1 saturated heterocycles. The molecule has 2 amide bonds. The Kier molecular flexibility index (Phi) is 10.4. The minimum atomic E-state index is 0. The molecule has 0 atom stereocenters. The zero-order valence-electron chi connectivity index (χ0n) is 13.6. The Labute approximate surface area is 134 Å². The summed E-state index contributed by atoms with van der Waals surface area (Å²) in [7, 11) is 1.89. The lowest BCUT2D eigenvalue weighted by Crippen LogP contribution is -2.43. The van der Waals surface area contributed by atoms with Gasteiger partial charge in [0.2, 0.25) is 11.8 Å². The molecule has 0 aromatic carbocycles. The van der Waals surface area contributed by atoms with Crippen molar-refractivity contribution in [2.45, 2.75) is 52.0 Å². The molecular weight excluding hydrogens is 290 g/mol. The van der Waals surface area contributed by atoms with Crippen LogP contribution in [0.4, 0.5) is 0 Å². The summed E-state index contributed by atoms with van der Waals surface area (Å²) in [4.78, 5) is 27.7. The first-order chi connectivity index (χ1) is 9.60. The van der Waals surface area contributed by atoms with Gasteiger partial charge in [0.25, 0.3) is 0 Å². The zero-order chi connectivity index (χ0) is 15.0. The fourth-order valence-corrected chi connectivity index (χ4v) is 2.70. The second kappa shape index (κ2) is 10.9. The predicted octanol–water partition coefficient (Wildman–Crippen LogP) is 1.66. The first-order valence-corrected chi connectivity index (χ1v) is 7.84. The molecule has 1 aliphatic heterocycles. The summed E-state index contributed by atoms with van der Waals surface area (Å²) in [5.41, 5.74) is 0. The molecule has 0 spiro atoms. The second-order valence-corrected chi connectivity index (χ2v) is 5.41. The Morgan fingerprint density at radius 2 is 1.57 bits per heavy atom. The lowest BCUT2D eigenvalue weighted by atomic mass is 10.0. The van der Waals surface area contributed by atoms with Gasteiger partial charge in [-0.1, -0.05) is 0 Å². The molecule has 124 valence electrons. The number of rotatable bonds is 7. The van der Waals surface area contributed by atoms with Crippen LogP contribution >= 0.6 is 12.4 Å². The number of hydrogen-bond donors (Lipinski definition) is 1. The number of carbonyl (C=O) groups is 2. The quantitative estimate of drug-likeness (QED) is 0.776. The normalized spacial score (nSPS) is 15.2. The van der Waals surface area contributed by atoms with E-state index in [1.165, 1.54) is 0 Å². The van der Waals surface area contributed by atoms with Gasteiger partial charge >= 0.3 is 0 Å². The summed E-state index contributed by atoms with van der Waals surface area (Å²) in [5, 5.41) is 3.30. The number of nitrogens with zero attached hydrogens (tertiary/aromatic N) is 2. The van der Waals surface area contributed by atoms with E-state index in [4.69, 9.17) is 0 Å². The average Bonchev–Trinajstić information content (AvgIpc) is 2.48. The Hall–Kier alpha value is -0.810. The minimum Gasteiger partial charge on any atom is -0.343 e. The molecule has 1 aliphatic rings. The van der Waals surface area contributed by atoms with Gasteiger partial charge in [0.1, 0.15) is 0 Å². The van der Waals surface area contributed by atoms with E-state index >= 15 is 0 Å². The standard InChI is InChI=1S/C15H29N3O2.ClH/c1-4-18(5-2)15(20)8-6-7-14(19)17(3)13-9-11-16-12-10-13;/h13,16H,4-12H2,1-3H3;1H. The summed E-state index contributed by atoms with van der Waals surface area (Å²) >= 11 is 0. The number of amides is 2. The lowest BCUT2D eigenvalue weighted by Gasteiger charge is -2.31. The van der Waals surface area contributed by atoms with Gasteiger partial charge in [-0.05, 0) is 46.2 Å². The molecule has 6 heteroatoms. The van der Waals surface area contributed by atoms with Gasteiger partial charge in [0, 0.05) is 39.0 Å². The molecule has 1 N–H and O–H groups in total. The average molecular weight is 320 g/mol. The SMILES string of the molecule is CCN(CC)C(=O)CCCC(=O)N(C)C1CCNCC1.Cl. The van der Waals surface area contributed by atoms with Crippen molar-refractivity contribution in [2.75, 3.05) is 33.2 Å². The number of nitrogens with one attached hydrogen (secondary N) is 1. The number of piperidine rings is 1. The first-order valence-electron chi connectivity index (χ1n) is 7.84. The lowest BCUT2D eigenvalue weighted by molar-refractivity contribution is -0.133. The van der Waals surface area contributed by atoms with Crippen LogP contribution in [0, 0.1) is 0 Å². The van der Waals surface area contributed by atoms with Crippen LogP contribution in [0.5, 0.6) is 0 Å². The summed E-state index contributed by atoms with van der Waals surface area (Å²) < 4.78 is 0. The van der Waals surface area contributed by atoms with Crippen molar-refractivity contribution in [2.24, 2.45) is 0 Å². The molecule has 0 radical (unpaired) electrons. The number of halogens is 1. The molecular formula is C15H30ClN3O2. The highest BCUT2D eigenvalue weighted by Gasteiger charge is 2.21. The number of hydrogen-bond acceptors (Lipinski definition) is 3. The van der Waals surface area contributed by atoms with Gasteiger partial charge in [-0.2, -0.15) is 0 Å². The highest BCUT2D eigenvalue weighted by atomic mass is 35.5. The first kappa shape index (κ1) is 20.2. The zero-order valence-corrected chi connectivity index (χ0v) is 14.4. The molecule has 5 nitrogen and oxygen atoms in total. The third-order valence-electron chi connectivity index (χ3n) is 4.15. The van der Waals surface area contributed by atoms with Crippen LogP contribution in [0.1, 0.15) is 46.0 Å². The van der Waals surface area contributed by atoms with Crippen molar-refractivity contribution in [3.63, 3.8) is 0 Å². The van der Waals surface area contributed by atoms with E-state index in [1.807, 2.05) is 30.7 Å². The Morgan fingerprint density at radius 3 is 2.10 bits per heavy atom. The predicted molar refractivity (Wildman–Crippen MR) is 87.7 cm³/mol. The van der Waals surface area contributed by atoms with Crippen LogP contribution in [0.2, 0.25) is 0 Å². The summed E-state index contributed by atoms with van der Waals surface area (Å²) in [6, 6.07) is 0.363. The highest BCUT2D eigenvalue weighted by molar-refractivity contribution is 5.85. The summed E-state index contributed by atoms with van der Waals surface area (Å²) in [6.45, 7) is 7.44. The van der Waals surface area contributed by atoms with Crippen LogP contribution in [-0.4, -0.2) is 60.9 Å². The minimum absolute atomic E-state index is 0. The van der Waals surface area contributed by atoms with Crippen molar-refractivity contribution in [1.82, 2.24) is 15.1 Å². The monoisotopic (exact) mass is 319 g/mol. The van der Waals surface area contributed by atoms with E-state index in [2.05, 4.69) is 5.32 Å². The van der Waals surface area contributed by atoms with Crippen molar-refractivity contribution in [3.8, 4) is 0 Å². The Balaban J connectivity index is 0.00000400. The maximum atomic E-state index is 12.1. The molecule has 0 aromatic heterocycles. The van der Waals surface area contributed by atoms with Crippen LogP contribution < -0.4 is 5.32 Å². The smallest absolute Gasteiger partial charge is 0.222 e. The second-order valence-electron chi connectivity index (χ2n) is 5.41. The van der Waals surface area contributed by atoms with E-state index in [0.29, 0.717) is 25.3 Å². The molecule has 0 aliphatic carbocycles. The molecule has 21 heavy (non-hydrogen) atoms. The Morgan fingerprint density at radius 1 is 1.05 bits per heavy atom. The summed E-state index contributed by atoms with van der Waals surface area (Å²) in [6.07, 6.45) is 3.67. The van der Waals surface area contributed by atoms with Crippen LogP contribution in [-0.2, 0) is 9.59 Å². The van der Waals surface area contributed by atoms with Gasteiger partial charge in [-0.15, -0.1) is 12.4 Å². The van der Waals surface area contributed by atoms with E-state index in [9.17, 15) is 9.59 Å². The highest BCUT2D eigenvalue weighted by Crippen LogP contribution is 2.12. The molecule has 0 bridgehead atoms. The molecule has 0 saturated carbocycles. The molecule has 1 heterocycles. The van der Waals surface area contributed by atoms with Gasteiger partial charge < -0.3 is 15.1 Å². The third kappa shape index (κ3) is 6.66. The topological polar surface area (TPSA) is 52.7 Å². The van der Waals surface area contributed by atoms with Crippen molar-refractivity contribution < 1.29 is 9.59 Å². The van der Waals surface area contributed by atoms with Crippen LogP contribution in [0.25, 0.3) is 0 Å². The maximum Gasteiger partial charge on any atom is 0.222 e.